The minimum absolute atomic E-state index is 0.0573. The van der Waals surface area contributed by atoms with Crippen LogP contribution in [-0.2, 0) is 4.79 Å². The molecule has 102 valence electrons. The lowest BCUT2D eigenvalue weighted by Crippen LogP contribution is -2.52. The Hall–Kier alpha value is -1.30. The highest BCUT2D eigenvalue weighted by molar-refractivity contribution is 5.81. The molecule has 2 atom stereocenters. The molecule has 2 saturated carbocycles. The molecule has 0 heterocycles. The number of nitrogens with zero attached hydrogens (tertiary/aromatic N) is 1. The van der Waals surface area contributed by atoms with Gasteiger partial charge in [-0.2, -0.15) is 0 Å². The fourth-order valence-corrected chi connectivity index (χ4v) is 2.42. The molecule has 0 bridgehead atoms. The predicted molar refractivity (Wildman–Crippen MR) is 64.2 cm³/mol. The number of urea groups is 1. The Balaban J connectivity index is 1.89. The van der Waals surface area contributed by atoms with Gasteiger partial charge in [0, 0.05) is 6.04 Å². The molecule has 6 nitrogen and oxygen atoms in total. The highest BCUT2D eigenvalue weighted by Crippen LogP contribution is 2.27. The van der Waals surface area contributed by atoms with Crippen LogP contribution in [0, 0.1) is 0 Å². The van der Waals surface area contributed by atoms with Gasteiger partial charge in [-0.1, -0.05) is 12.8 Å². The fourth-order valence-electron chi connectivity index (χ4n) is 2.42. The SMILES string of the molecule is O=C(O)CN(C(=O)NC1CCCCC1O)C1CC1. The highest BCUT2D eigenvalue weighted by Gasteiger charge is 2.35. The zero-order valence-corrected chi connectivity index (χ0v) is 10.3. The number of rotatable bonds is 4. The van der Waals surface area contributed by atoms with Crippen LogP contribution in [0.15, 0.2) is 0 Å². The van der Waals surface area contributed by atoms with Crippen molar-refractivity contribution in [3.63, 3.8) is 0 Å². The molecule has 0 radical (unpaired) electrons. The maximum Gasteiger partial charge on any atom is 0.323 e. The van der Waals surface area contributed by atoms with Crippen molar-refractivity contribution in [2.75, 3.05) is 6.54 Å². The second kappa shape index (κ2) is 5.56. The molecule has 2 fully saturated rings. The molecule has 0 aliphatic heterocycles. The Kier molecular flexibility index (Phi) is 4.06. The molecule has 2 amide bonds. The topological polar surface area (TPSA) is 89.9 Å². The van der Waals surface area contributed by atoms with Crippen LogP contribution in [-0.4, -0.2) is 51.8 Å². The zero-order valence-electron chi connectivity index (χ0n) is 10.3. The first kappa shape index (κ1) is 13.1. The van der Waals surface area contributed by atoms with Crippen LogP contribution in [0.5, 0.6) is 0 Å². The van der Waals surface area contributed by atoms with Gasteiger partial charge in [0.15, 0.2) is 0 Å². The number of carbonyl (C=O) groups excluding carboxylic acids is 1. The number of carboxylic acids is 1. The molecule has 0 aromatic carbocycles. The first-order valence-electron chi connectivity index (χ1n) is 6.55. The second-order valence-corrected chi connectivity index (χ2v) is 5.16. The summed E-state index contributed by atoms with van der Waals surface area (Å²) in [5.41, 5.74) is 0. The van der Waals surface area contributed by atoms with Crippen molar-refractivity contribution in [2.45, 2.75) is 56.7 Å². The van der Waals surface area contributed by atoms with E-state index in [1.54, 1.807) is 0 Å². The lowest BCUT2D eigenvalue weighted by atomic mass is 9.93. The van der Waals surface area contributed by atoms with Gasteiger partial charge in [0.25, 0.3) is 0 Å². The van der Waals surface area contributed by atoms with E-state index in [1.165, 1.54) is 4.90 Å². The van der Waals surface area contributed by atoms with Crippen molar-refractivity contribution >= 4 is 12.0 Å². The molecule has 2 aliphatic rings. The van der Waals surface area contributed by atoms with Crippen molar-refractivity contribution < 1.29 is 19.8 Å². The number of aliphatic carboxylic acids is 1. The van der Waals surface area contributed by atoms with Crippen molar-refractivity contribution in [1.82, 2.24) is 10.2 Å². The molecule has 2 aliphatic carbocycles. The van der Waals surface area contributed by atoms with Crippen LogP contribution in [0.25, 0.3) is 0 Å². The van der Waals surface area contributed by atoms with E-state index in [4.69, 9.17) is 5.11 Å². The maximum atomic E-state index is 12.0. The molecule has 6 heteroatoms. The number of aliphatic hydroxyl groups is 1. The van der Waals surface area contributed by atoms with Crippen molar-refractivity contribution in [3.05, 3.63) is 0 Å². The summed E-state index contributed by atoms with van der Waals surface area (Å²) in [5, 5.41) is 21.4. The minimum Gasteiger partial charge on any atom is -0.480 e. The van der Waals surface area contributed by atoms with Gasteiger partial charge in [-0.05, 0) is 25.7 Å². The first-order valence-corrected chi connectivity index (χ1v) is 6.55. The Morgan fingerprint density at radius 1 is 1.17 bits per heavy atom. The Morgan fingerprint density at radius 3 is 2.39 bits per heavy atom. The Morgan fingerprint density at radius 2 is 1.83 bits per heavy atom. The summed E-state index contributed by atoms with van der Waals surface area (Å²) in [6, 6.07) is -0.533. The summed E-state index contributed by atoms with van der Waals surface area (Å²) in [5.74, 6) is -0.999. The van der Waals surface area contributed by atoms with Crippen molar-refractivity contribution in [1.29, 1.82) is 0 Å². The van der Waals surface area contributed by atoms with E-state index in [0.29, 0.717) is 6.42 Å². The van der Waals surface area contributed by atoms with Crippen LogP contribution < -0.4 is 5.32 Å². The highest BCUT2D eigenvalue weighted by atomic mass is 16.4. The standard InChI is InChI=1S/C12H20N2O4/c15-10-4-2-1-3-9(10)13-12(18)14(7-11(16)17)8-5-6-8/h8-10,15H,1-7H2,(H,13,18)(H,16,17). The second-order valence-electron chi connectivity index (χ2n) is 5.16. The monoisotopic (exact) mass is 256 g/mol. The van der Waals surface area contributed by atoms with Gasteiger partial charge in [0.2, 0.25) is 0 Å². The van der Waals surface area contributed by atoms with Crippen LogP contribution in [0.1, 0.15) is 38.5 Å². The van der Waals surface area contributed by atoms with Gasteiger partial charge >= 0.3 is 12.0 Å². The molecule has 0 saturated heterocycles. The molecule has 0 spiro atoms. The quantitative estimate of drug-likeness (QED) is 0.685. The molecular formula is C12H20N2O4. The van der Waals surface area contributed by atoms with Gasteiger partial charge < -0.3 is 20.4 Å². The summed E-state index contributed by atoms with van der Waals surface area (Å²) in [4.78, 5) is 24.1. The van der Waals surface area contributed by atoms with E-state index in [-0.39, 0.29) is 24.7 Å². The van der Waals surface area contributed by atoms with E-state index in [1.807, 2.05) is 0 Å². The number of hydrogen-bond acceptors (Lipinski definition) is 3. The third-order valence-electron chi connectivity index (χ3n) is 3.59. The van der Waals surface area contributed by atoms with E-state index >= 15 is 0 Å². The number of nitrogens with one attached hydrogen (secondary N) is 1. The number of aliphatic hydroxyl groups excluding tert-OH is 1. The summed E-state index contributed by atoms with van der Waals surface area (Å²) >= 11 is 0. The van der Waals surface area contributed by atoms with E-state index in [0.717, 1.165) is 32.1 Å². The Labute approximate surface area is 106 Å². The number of carboxylic acid groups (broad SMARTS) is 1. The average Bonchev–Trinajstić information content (AvgIpc) is 3.12. The van der Waals surface area contributed by atoms with Crippen LogP contribution in [0.4, 0.5) is 4.79 Å². The normalized spacial score (nSPS) is 27.6. The molecule has 0 aromatic heterocycles. The number of hydrogen-bond donors (Lipinski definition) is 3. The average molecular weight is 256 g/mol. The molecule has 2 rings (SSSR count). The van der Waals surface area contributed by atoms with Crippen LogP contribution in [0.3, 0.4) is 0 Å². The summed E-state index contributed by atoms with van der Waals surface area (Å²) in [7, 11) is 0. The van der Waals surface area contributed by atoms with Crippen molar-refractivity contribution in [2.24, 2.45) is 0 Å². The van der Waals surface area contributed by atoms with Gasteiger partial charge in [0.05, 0.1) is 12.1 Å². The third-order valence-corrected chi connectivity index (χ3v) is 3.59. The number of carbonyl (C=O) groups is 2. The summed E-state index contributed by atoms with van der Waals surface area (Å²) in [6.07, 6.45) is 4.67. The molecule has 2 unspecified atom stereocenters. The Bertz CT molecular complexity index is 330. The fraction of sp³-hybridized carbons (Fsp3) is 0.833. The summed E-state index contributed by atoms with van der Waals surface area (Å²) in [6.45, 7) is -0.265. The lowest BCUT2D eigenvalue weighted by molar-refractivity contribution is -0.137. The van der Waals surface area contributed by atoms with Crippen LogP contribution in [0.2, 0.25) is 0 Å². The van der Waals surface area contributed by atoms with Gasteiger partial charge in [-0.15, -0.1) is 0 Å². The van der Waals surface area contributed by atoms with Gasteiger partial charge in [0.1, 0.15) is 6.54 Å². The van der Waals surface area contributed by atoms with Gasteiger partial charge in [-0.25, -0.2) is 4.79 Å². The molecule has 18 heavy (non-hydrogen) atoms. The maximum absolute atomic E-state index is 12.0. The van der Waals surface area contributed by atoms with E-state index in [9.17, 15) is 14.7 Å². The molecule has 3 N–H and O–H groups in total. The van der Waals surface area contributed by atoms with E-state index in [2.05, 4.69) is 5.32 Å². The smallest absolute Gasteiger partial charge is 0.323 e. The lowest BCUT2D eigenvalue weighted by Gasteiger charge is -2.31. The van der Waals surface area contributed by atoms with E-state index < -0.39 is 12.1 Å². The zero-order chi connectivity index (χ0) is 13.1. The first-order chi connectivity index (χ1) is 8.58. The third kappa shape index (κ3) is 3.35. The van der Waals surface area contributed by atoms with Crippen LogP contribution >= 0.6 is 0 Å². The van der Waals surface area contributed by atoms with Gasteiger partial charge in [-0.3, -0.25) is 4.79 Å². The largest absolute Gasteiger partial charge is 0.480 e. The molecular weight excluding hydrogens is 236 g/mol. The predicted octanol–water partition coefficient (Wildman–Crippen LogP) is 0.548. The molecule has 0 aromatic rings. The van der Waals surface area contributed by atoms with Crippen molar-refractivity contribution in [3.8, 4) is 0 Å². The number of amides is 2. The summed E-state index contributed by atoms with van der Waals surface area (Å²) < 4.78 is 0. The minimum atomic E-state index is -0.999.